The van der Waals surface area contributed by atoms with Crippen LogP contribution in [0.4, 0.5) is 34.6 Å². The number of carbonyl (C=O) groups is 8. The third-order valence-electron chi connectivity index (χ3n) is 14.8. The van der Waals surface area contributed by atoms with Crippen LogP contribution in [-0.4, -0.2) is 266 Å². The minimum atomic E-state index is -0.741. The Hall–Kier alpha value is -6.33. The van der Waals surface area contributed by atoms with Crippen molar-refractivity contribution < 1.29 is 76.3 Å². The topological polar surface area (TPSA) is 283 Å². The van der Waals surface area contributed by atoms with Gasteiger partial charge in [0.1, 0.15) is 57.7 Å². The van der Waals surface area contributed by atoms with Crippen molar-refractivity contribution in [2.75, 3.05) is 135 Å². The molecule has 3 fully saturated rings. The maximum atomic E-state index is 13.6. The van der Waals surface area contributed by atoms with E-state index in [1.807, 2.05) is 62.3 Å². The Bertz CT molecular complexity index is 2750. The van der Waals surface area contributed by atoms with E-state index < -0.39 is 93.5 Å². The summed E-state index contributed by atoms with van der Waals surface area (Å²) in [7, 11) is 0. The Labute approximate surface area is 581 Å². The van der Waals surface area contributed by atoms with E-state index in [0.29, 0.717) is 136 Å². The molecule has 0 saturated carbocycles. The number of nitrogens with one attached hydrogen (secondary N) is 1. The molecule has 3 aliphatic rings. The molecule has 2 atom stereocenters. The van der Waals surface area contributed by atoms with Crippen LogP contribution in [0.3, 0.4) is 0 Å². The summed E-state index contributed by atoms with van der Waals surface area (Å²) >= 11 is 1.40. The zero-order valence-electron chi connectivity index (χ0n) is 61.8. The highest BCUT2D eigenvalue weighted by Crippen LogP contribution is 2.31. The first-order valence-corrected chi connectivity index (χ1v) is 35.7. The van der Waals surface area contributed by atoms with Gasteiger partial charge in [0.2, 0.25) is 5.91 Å². The van der Waals surface area contributed by atoms with Gasteiger partial charge in [0.25, 0.3) is 0 Å². The van der Waals surface area contributed by atoms with Crippen LogP contribution in [0, 0.1) is 0 Å². The summed E-state index contributed by atoms with van der Waals surface area (Å²) in [5, 5.41) is 2.75. The molecule has 0 aromatic carbocycles. The largest absolute Gasteiger partial charge is 0.462 e. The van der Waals surface area contributed by atoms with Crippen LogP contribution < -0.4 is 11.0 Å². The van der Waals surface area contributed by atoms with E-state index in [4.69, 9.17) is 37.9 Å². The van der Waals surface area contributed by atoms with E-state index >= 15 is 0 Å². The highest BCUT2D eigenvalue weighted by atomic mass is 32.2. The highest BCUT2D eigenvalue weighted by molar-refractivity contribution is 8.00. The van der Waals surface area contributed by atoms with Crippen LogP contribution in [-0.2, 0) is 47.5 Å². The van der Waals surface area contributed by atoms with Crippen LogP contribution in [0.2, 0.25) is 0 Å². The predicted molar refractivity (Wildman–Crippen MR) is 370 cm³/mol. The fraction of sp³-hybridized carbons (Fsp3) is 0.824. The lowest BCUT2D eigenvalue weighted by molar-refractivity contribution is -0.147. The van der Waals surface area contributed by atoms with Gasteiger partial charge in [0.15, 0.2) is 0 Å². The number of thioether (sulfide) groups is 1. The third kappa shape index (κ3) is 34.8. The van der Waals surface area contributed by atoms with Crippen LogP contribution in [0.25, 0.3) is 0 Å². The van der Waals surface area contributed by atoms with E-state index in [1.54, 1.807) is 91.7 Å². The molecule has 1 N–H and O–H groups in total. The Kier molecular flexibility index (Phi) is 32.8. The Morgan fingerprint density at radius 2 is 0.773 bits per heavy atom. The van der Waals surface area contributed by atoms with Crippen LogP contribution in [0.15, 0.2) is 17.1 Å². The number of esters is 1. The fourth-order valence-corrected chi connectivity index (χ4v) is 11.3. The van der Waals surface area contributed by atoms with Crippen molar-refractivity contribution in [2.45, 2.75) is 234 Å². The molecule has 29 heteroatoms. The number of anilines is 1. The van der Waals surface area contributed by atoms with Gasteiger partial charge >= 0.3 is 48.2 Å². The smallest absolute Gasteiger partial charge is 0.410 e. The molecule has 4 heterocycles. The lowest BCUT2D eigenvalue weighted by Gasteiger charge is -2.34. The zero-order chi connectivity index (χ0) is 72.5. The lowest BCUT2D eigenvalue weighted by atomic mass is 10.2. The second-order valence-corrected chi connectivity index (χ2v) is 32.1. The Balaban J connectivity index is 1.29. The van der Waals surface area contributed by atoms with E-state index in [-0.39, 0.29) is 70.4 Å². The van der Waals surface area contributed by atoms with E-state index in [1.165, 1.54) is 28.6 Å². The zero-order valence-corrected chi connectivity index (χ0v) is 62.7. The molecule has 1 aromatic rings. The second kappa shape index (κ2) is 38.3. The second-order valence-electron chi connectivity index (χ2n) is 30.9. The average Bonchev–Trinajstić information content (AvgIpc) is 1.77. The van der Waals surface area contributed by atoms with Gasteiger partial charge < -0.3 is 82.4 Å². The van der Waals surface area contributed by atoms with Gasteiger partial charge in [-0.05, 0) is 208 Å². The first-order chi connectivity index (χ1) is 45.0. The molecule has 7 amide bonds. The number of hydrogen-bond acceptors (Lipinski definition) is 21. The maximum Gasteiger partial charge on any atom is 0.410 e. The molecule has 1 aromatic heterocycles. The number of unbranched alkanes of at least 4 members (excludes halogenated alkanes) is 2. The van der Waals surface area contributed by atoms with Crippen molar-refractivity contribution in [3.63, 3.8) is 0 Å². The Morgan fingerprint density at radius 3 is 1.10 bits per heavy atom. The SMILES string of the molecule is CC(C)(C)OC(=O)N1CCCN(C(=O)OC(C)(C)C)CCN(C(=O)OC(C)(C)C)CCCN(CCCCC(=O)Nc2ccn([C@H]3CS[C@@H](COC(=O)CCCCN4CCCN(C(=O)OC(C)(C)C)CCN(C(=O)OC(C)(C)C)CCCN(C(=O)OC(C)(C)C)CC4)O3)c(=O)n2)CC1. The first kappa shape index (κ1) is 83.1. The molecule has 4 rings (SSSR count). The summed E-state index contributed by atoms with van der Waals surface area (Å²) in [6, 6.07) is 1.53. The summed E-state index contributed by atoms with van der Waals surface area (Å²) in [4.78, 5) is 139. The van der Waals surface area contributed by atoms with Crippen molar-refractivity contribution in [1.29, 1.82) is 0 Å². The van der Waals surface area contributed by atoms with Crippen molar-refractivity contribution in [3.05, 3.63) is 22.7 Å². The molecular weight excluding hydrogens is 1270 g/mol. The minimum Gasteiger partial charge on any atom is -0.462 e. The normalized spacial score (nSPS) is 19.0. The summed E-state index contributed by atoms with van der Waals surface area (Å²) in [6.07, 6.45) is 2.53. The quantitative estimate of drug-likeness (QED) is 0.103. The average molecular weight is 1390 g/mol. The van der Waals surface area contributed by atoms with Gasteiger partial charge in [-0.3, -0.25) is 14.2 Å². The standard InChI is InChI=1S/C68H119N11O17S/c1-63(2,3)91-57(83)73-36-25-38-77(61(87)95-67(13,14)15)47-45-75(59(85)93-65(7,8)9)34-23-32-71(41-43-73)30-21-19-27-52(80)69-51-29-40-79(56(82)70-51)53-50-97-55(90-53)49-89-54(81)28-20-22-31-72-33-24-35-76(60(86)94-66(10,11)12)46-48-78(62(88)96-68(16,17)18)39-26-37-74(44-42-72)58(84)92-64(4,5)6/h29,40,53,55H,19-28,30-39,41-50H2,1-18H3,(H,69,70,80,82)/t53-,55+/m1/s1. The number of carbonyl (C=O) groups excluding carboxylic acids is 8. The van der Waals surface area contributed by atoms with Gasteiger partial charge in [-0.2, -0.15) is 4.98 Å². The molecule has 0 radical (unpaired) electrons. The number of ether oxygens (including phenoxy) is 8. The Morgan fingerprint density at radius 1 is 0.454 bits per heavy atom. The van der Waals surface area contributed by atoms with Crippen molar-refractivity contribution in [1.82, 2.24) is 48.8 Å². The van der Waals surface area contributed by atoms with Gasteiger partial charge in [-0.15, -0.1) is 11.8 Å². The van der Waals surface area contributed by atoms with E-state index in [9.17, 15) is 43.2 Å². The number of rotatable bonds is 14. The molecule has 554 valence electrons. The van der Waals surface area contributed by atoms with Crippen molar-refractivity contribution in [2.24, 2.45) is 0 Å². The fourth-order valence-electron chi connectivity index (χ4n) is 10.3. The summed E-state index contributed by atoms with van der Waals surface area (Å²) in [5.41, 5.74) is -5.56. The maximum absolute atomic E-state index is 13.6. The first-order valence-electron chi connectivity index (χ1n) is 34.6. The van der Waals surface area contributed by atoms with E-state index in [2.05, 4.69) is 20.1 Å². The highest BCUT2D eigenvalue weighted by Gasteiger charge is 2.33. The summed E-state index contributed by atoms with van der Waals surface area (Å²) < 4.78 is 47.7. The predicted octanol–water partition coefficient (Wildman–Crippen LogP) is 10.3. The molecule has 97 heavy (non-hydrogen) atoms. The van der Waals surface area contributed by atoms with Crippen LogP contribution >= 0.6 is 11.8 Å². The van der Waals surface area contributed by atoms with E-state index in [0.717, 1.165) is 0 Å². The number of hydrogen-bond donors (Lipinski definition) is 1. The molecular formula is C68H119N11O17S. The number of nitrogens with zero attached hydrogens (tertiary/aromatic N) is 10. The number of amides is 7. The summed E-state index contributed by atoms with van der Waals surface area (Å²) in [5.74, 6) is -0.225. The molecule has 0 spiro atoms. The molecule has 0 unspecified atom stereocenters. The van der Waals surface area contributed by atoms with Gasteiger partial charge in [-0.25, -0.2) is 33.6 Å². The van der Waals surface area contributed by atoms with Crippen LogP contribution in [0.1, 0.15) is 195 Å². The third-order valence-corrected chi connectivity index (χ3v) is 15.9. The molecule has 3 saturated heterocycles. The van der Waals surface area contributed by atoms with Crippen molar-refractivity contribution in [3.8, 4) is 0 Å². The van der Waals surface area contributed by atoms with Crippen molar-refractivity contribution >= 4 is 66.0 Å². The minimum absolute atomic E-state index is 0.0285. The molecule has 28 nitrogen and oxygen atoms in total. The molecule has 3 aliphatic heterocycles. The monoisotopic (exact) mass is 1390 g/mol. The molecule has 0 bridgehead atoms. The molecule has 0 aliphatic carbocycles. The van der Waals surface area contributed by atoms with Crippen LogP contribution in [0.5, 0.6) is 0 Å². The van der Waals surface area contributed by atoms with Gasteiger partial charge in [0, 0.05) is 116 Å². The number of aromatic nitrogens is 2. The lowest BCUT2D eigenvalue weighted by Crippen LogP contribution is -2.47. The summed E-state index contributed by atoms with van der Waals surface area (Å²) in [6.45, 7) is 39.1. The van der Waals surface area contributed by atoms with Gasteiger partial charge in [-0.1, -0.05) is 0 Å². The van der Waals surface area contributed by atoms with Gasteiger partial charge in [0.05, 0.1) is 0 Å².